The lowest BCUT2D eigenvalue weighted by Crippen LogP contribution is -2.35. The van der Waals surface area contributed by atoms with Gasteiger partial charge in [0, 0.05) is 6.42 Å². The van der Waals surface area contributed by atoms with Crippen molar-refractivity contribution in [1.82, 2.24) is 5.32 Å². The van der Waals surface area contributed by atoms with Gasteiger partial charge >= 0.3 is 6.09 Å². The van der Waals surface area contributed by atoms with Gasteiger partial charge in [0.2, 0.25) is 0 Å². The summed E-state index contributed by atoms with van der Waals surface area (Å²) in [4.78, 5) is 35.8. The Hall–Kier alpha value is -2.13. The second-order valence-electron chi connectivity index (χ2n) is 9.40. The van der Waals surface area contributed by atoms with Crippen LogP contribution in [0.1, 0.15) is 75.7 Å². The topological polar surface area (TPSA) is 83.1 Å². The number of hydrogen-bond acceptors (Lipinski definition) is 7. The number of carbonyl (C=O) groups excluding carboxylic acids is 2. The third-order valence-corrected chi connectivity index (χ3v) is 5.58. The number of halogens is 1. The van der Waals surface area contributed by atoms with Crippen molar-refractivity contribution >= 4 is 34.8 Å². The molecule has 7 nitrogen and oxygen atoms in total. The number of alkyl carbamates (subject to hydrolysis) is 1. The van der Waals surface area contributed by atoms with Crippen LogP contribution in [-0.4, -0.2) is 29.9 Å². The summed E-state index contributed by atoms with van der Waals surface area (Å²) < 4.78 is 10.8. The predicted molar refractivity (Wildman–Crippen MR) is 129 cm³/mol. The van der Waals surface area contributed by atoms with Gasteiger partial charge in [-0.05, 0) is 77.1 Å². The Labute approximate surface area is 204 Å². The summed E-state index contributed by atoms with van der Waals surface area (Å²) in [5.74, 6) is 0.409. The number of hydrogen-bond donors (Lipinski definition) is 1. The number of thiophene rings is 1. The summed E-state index contributed by atoms with van der Waals surface area (Å²) in [6, 6.07) is 8.29. The highest BCUT2D eigenvalue weighted by Gasteiger charge is 2.22. The summed E-state index contributed by atoms with van der Waals surface area (Å²) in [6.45, 7) is 11.1. The average Bonchev–Trinajstić information content (AvgIpc) is 3.12. The van der Waals surface area contributed by atoms with Crippen LogP contribution in [0.4, 0.5) is 4.79 Å². The van der Waals surface area contributed by atoms with Crippen LogP contribution in [0.5, 0.6) is 5.75 Å². The van der Waals surface area contributed by atoms with Gasteiger partial charge in [-0.1, -0.05) is 23.7 Å². The fraction of sp³-hybridized carbons (Fsp3) is 0.500. The molecule has 1 unspecified atom stereocenters. The molecule has 1 aromatic carbocycles. The molecule has 9 heteroatoms. The van der Waals surface area contributed by atoms with E-state index in [0.29, 0.717) is 22.1 Å². The summed E-state index contributed by atoms with van der Waals surface area (Å²) in [7, 11) is 0. The van der Waals surface area contributed by atoms with E-state index < -0.39 is 17.7 Å². The summed E-state index contributed by atoms with van der Waals surface area (Å²) in [5.41, 5.74) is -0.179. The molecule has 33 heavy (non-hydrogen) atoms. The Balaban J connectivity index is 2.04. The van der Waals surface area contributed by atoms with Crippen molar-refractivity contribution in [3.05, 3.63) is 51.2 Å². The van der Waals surface area contributed by atoms with E-state index in [1.807, 2.05) is 20.8 Å². The van der Waals surface area contributed by atoms with Gasteiger partial charge in [-0.2, -0.15) is 4.89 Å². The van der Waals surface area contributed by atoms with Crippen LogP contribution in [0, 0.1) is 0 Å². The van der Waals surface area contributed by atoms with Crippen LogP contribution in [0.15, 0.2) is 35.7 Å². The van der Waals surface area contributed by atoms with E-state index in [1.54, 1.807) is 56.5 Å². The number of ether oxygens (including phenoxy) is 2. The first kappa shape index (κ1) is 27.1. The van der Waals surface area contributed by atoms with Gasteiger partial charge in [0.25, 0.3) is 0 Å². The largest absolute Gasteiger partial charge is 0.444 e. The van der Waals surface area contributed by atoms with E-state index in [4.69, 9.17) is 30.8 Å². The van der Waals surface area contributed by atoms with E-state index in [-0.39, 0.29) is 24.6 Å². The second-order valence-corrected chi connectivity index (χ2v) is 10.7. The summed E-state index contributed by atoms with van der Waals surface area (Å²) in [5, 5.41) is 5.08. The highest BCUT2D eigenvalue weighted by molar-refractivity contribution is 7.12. The standard InChI is InChI=1S/C24H32ClNO6S/c1-23(2,3)29-15-30-32-17-9-7-16(8-10-17)19(26-22(28)31-24(4,5)6)11-12-20(27)21-18(25)13-14-33-21/h7-10,13-14,19H,11-12,15H2,1-6H3,(H,26,28). The molecule has 1 N–H and O–H groups in total. The first-order valence-corrected chi connectivity index (χ1v) is 11.9. The molecule has 2 aromatic rings. The molecule has 0 aliphatic rings. The lowest BCUT2D eigenvalue weighted by molar-refractivity contribution is -0.284. The maximum atomic E-state index is 12.6. The predicted octanol–water partition coefficient (Wildman–Crippen LogP) is 6.71. The van der Waals surface area contributed by atoms with Crippen molar-refractivity contribution in [2.45, 2.75) is 71.6 Å². The molecule has 1 aromatic heterocycles. The molecule has 2 rings (SSSR count). The highest BCUT2D eigenvalue weighted by Crippen LogP contribution is 2.27. The Bertz CT molecular complexity index is 914. The Morgan fingerprint density at radius 1 is 1.03 bits per heavy atom. The SMILES string of the molecule is CC(C)(C)OCOOc1ccc(C(CCC(=O)c2sccc2Cl)NC(=O)OC(C)(C)C)cc1. The zero-order valence-electron chi connectivity index (χ0n) is 19.9. The maximum absolute atomic E-state index is 12.6. The summed E-state index contributed by atoms with van der Waals surface area (Å²) >= 11 is 7.39. The van der Waals surface area contributed by atoms with Crippen molar-refractivity contribution in [2.24, 2.45) is 0 Å². The molecular formula is C24H32ClNO6S. The van der Waals surface area contributed by atoms with E-state index in [9.17, 15) is 9.59 Å². The molecule has 1 atom stereocenters. The molecule has 0 spiro atoms. The average molecular weight is 498 g/mol. The van der Waals surface area contributed by atoms with Crippen molar-refractivity contribution in [3.63, 3.8) is 0 Å². The molecule has 0 bridgehead atoms. The van der Waals surface area contributed by atoms with Crippen LogP contribution in [-0.2, 0) is 14.4 Å². The monoisotopic (exact) mass is 497 g/mol. The lowest BCUT2D eigenvalue weighted by Gasteiger charge is -2.24. The molecule has 1 amide bonds. The maximum Gasteiger partial charge on any atom is 0.408 e. The molecule has 182 valence electrons. The molecule has 0 saturated carbocycles. The quantitative estimate of drug-likeness (QED) is 0.129. The Morgan fingerprint density at radius 3 is 2.24 bits per heavy atom. The van der Waals surface area contributed by atoms with Gasteiger partial charge in [0.1, 0.15) is 5.60 Å². The first-order valence-electron chi connectivity index (χ1n) is 10.6. The van der Waals surface area contributed by atoms with Gasteiger partial charge in [-0.3, -0.25) is 4.79 Å². The number of amides is 1. The van der Waals surface area contributed by atoms with E-state index in [1.165, 1.54) is 11.3 Å². The molecule has 0 radical (unpaired) electrons. The van der Waals surface area contributed by atoms with Crippen molar-refractivity contribution < 1.29 is 28.8 Å². The first-order chi connectivity index (χ1) is 15.3. The lowest BCUT2D eigenvalue weighted by atomic mass is 10.00. The smallest absolute Gasteiger partial charge is 0.408 e. The molecule has 0 aliphatic heterocycles. The zero-order chi connectivity index (χ0) is 24.6. The van der Waals surface area contributed by atoms with Crippen molar-refractivity contribution in [3.8, 4) is 5.75 Å². The van der Waals surface area contributed by atoms with Gasteiger partial charge < -0.3 is 19.7 Å². The highest BCUT2D eigenvalue weighted by atomic mass is 35.5. The van der Waals surface area contributed by atoms with Crippen molar-refractivity contribution in [2.75, 3.05) is 6.79 Å². The number of ketones is 1. The minimum absolute atomic E-state index is 0.0124. The number of carbonyl (C=O) groups is 2. The molecule has 1 heterocycles. The minimum atomic E-state index is -0.640. The number of nitrogens with one attached hydrogen (secondary N) is 1. The van der Waals surface area contributed by atoms with Crippen molar-refractivity contribution in [1.29, 1.82) is 0 Å². The number of benzene rings is 1. The van der Waals surface area contributed by atoms with E-state index >= 15 is 0 Å². The Kier molecular flexibility index (Phi) is 9.72. The van der Waals surface area contributed by atoms with Gasteiger partial charge in [0.15, 0.2) is 18.3 Å². The van der Waals surface area contributed by atoms with E-state index in [0.717, 1.165) is 5.56 Å². The van der Waals surface area contributed by atoms with Crippen LogP contribution in [0.2, 0.25) is 5.02 Å². The molecule has 0 saturated heterocycles. The van der Waals surface area contributed by atoms with Gasteiger partial charge in [0.05, 0.1) is 21.5 Å². The fourth-order valence-electron chi connectivity index (χ4n) is 2.70. The van der Waals surface area contributed by atoms with Gasteiger partial charge in [-0.15, -0.1) is 11.3 Å². The van der Waals surface area contributed by atoms with Gasteiger partial charge in [-0.25, -0.2) is 4.79 Å². The van der Waals surface area contributed by atoms with E-state index in [2.05, 4.69) is 5.32 Å². The Morgan fingerprint density at radius 2 is 1.70 bits per heavy atom. The number of Topliss-reactive ketones (excluding diaryl/α,β-unsaturated/α-hetero) is 1. The number of rotatable bonds is 10. The minimum Gasteiger partial charge on any atom is -0.444 e. The fourth-order valence-corrected chi connectivity index (χ4v) is 3.83. The molecule has 0 fully saturated rings. The van der Waals surface area contributed by atoms with Crippen LogP contribution in [0.25, 0.3) is 0 Å². The second kappa shape index (κ2) is 11.8. The van der Waals surface area contributed by atoms with Crippen LogP contribution in [0.3, 0.4) is 0 Å². The third kappa shape index (κ3) is 10.1. The third-order valence-electron chi connectivity index (χ3n) is 4.20. The van der Waals surface area contributed by atoms with Crippen LogP contribution >= 0.6 is 22.9 Å². The van der Waals surface area contributed by atoms with Crippen LogP contribution < -0.4 is 10.2 Å². The zero-order valence-corrected chi connectivity index (χ0v) is 21.5. The molecule has 0 aliphatic carbocycles. The molecular weight excluding hydrogens is 466 g/mol. The normalized spacial score (nSPS) is 12.8. The summed E-state index contributed by atoms with van der Waals surface area (Å²) in [6.07, 6.45) is 0.0337.